The van der Waals surface area contributed by atoms with Gasteiger partial charge in [0.1, 0.15) is 0 Å². The van der Waals surface area contributed by atoms with Gasteiger partial charge >= 0.3 is 0 Å². The quantitative estimate of drug-likeness (QED) is 0.490. The van der Waals surface area contributed by atoms with E-state index in [0.29, 0.717) is 0 Å². The summed E-state index contributed by atoms with van der Waals surface area (Å²) < 4.78 is 0. The highest BCUT2D eigenvalue weighted by molar-refractivity contribution is 5.95. The van der Waals surface area contributed by atoms with Crippen molar-refractivity contribution >= 4 is 33.1 Å². The molecule has 0 N–H and O–H groups in total. The van der Waals surface area contributed by atoms with E-state index in [1.165, 1.54) is 11.1 Å². The second-order valence-corrected chi connectivity index (χ2v) is 6.72. The van der Waals surface area contributed by atoms with Crippen molar-refractivity contribution in [3.8, 4) is 0 Å². The average Bonchev–Trinajstić information content (AvgIpc) is 2.68. The number of hydrogen-bond acceptors (Lipinski definition) is 4. The Morgan fingerprint density at radius 2 is 0.885 bits per heavy atom. The molecule has 0 aliphatic heterocycles. The summed E-state index contributed by atoms with van der Waals surface area (Å²) in [6, 6.07) is 8.78. The van der Waals surface area contributed by atoms with Crippen LogP contribution in [0.25, 0.3) is 33.1 Å². The zero-order valence-corrected chi connectivity index (χ0v) is 15.9. The van der Waals surface area contributed by atoms with Crippen molar-refractivity contribution in [3.05, 3.63) is 46.8 Å². The molecule has 4 aromatic heterocycles. The summed E-state index contributed by atoms with van der Waals surface area (Å²) in [7, 11) is 0. The van der Waals surface area contributed by atoms with Crippen LogP contribution in [-0.2, 0) is 25.7 Å². The first-order valence-corrected chi connectivity index (χ1v) is 9.59. The van der Waals surface area contributed by atoms with Gasteiger partial charge in [-0.2, -0.15) is 0 Å². The Kier molecular flexibility index (Phi) is 4.27. The molecule has 132 valence electrons. The molecule has 0 saturated heterocycles. The molecular weight excluding hydrogens is 320 g/mol. The topological polar surface area (TPSA) is 51.6 Å². The third kappa shape index (κ3) is 2.70. The van der Waals surface area contributed by atoms with Crippen molar-refractivity contribution in [1.82, 2.24) is 19.9 Å². The molecule has 4 heteroatoms. The lowest BCUT2D eigenvalue weighted by molar-refractivity contribution is 0.973. The third-order valence-electron chi connectivity index (χ3n) is 5.13. The van der Waals surface area contributed by atoms with Crippen LogP contribution in [0, 0.1) is 0 Å². The average molecular weight is 344 g/mol. The van der Waals surface area contributed by atoms with E-state index in [1.807, 2.05) is 0 Å². The standard InChI is InChI=1S/C22H24N4/c1-5-13-9-15-11-17-12-16-10-14(6-2)19(8-4)24-21(16)26-22(17)25-20(15)23-18(13)7-3/h9-12H,5-8H2,1-4H3. The van der Waals surface area contributed by atoms with Crippen LogP contribution >= 0.6 is 0 Å². The molecular formula is C22H24N4. The van der Waals surface area contributed by atoms with E-state index >= 15 is 0 Å². The molecule has 0 atom stereocenters. The van der Waals surface area contributed by atoms with Crippen LogP contribution in [0.4, 0.5) is 0 Å². The van der Waals surface area contributed by atoms with Gasteiger partial charge in [0.25, 0.3) is 0 Å². The van der Waals surface area contributed by atoms with Crippen molar-refractivity contribution in [3.63, 3.8) is 0 Å². The number of nitrogens with zero attached hydrogens (tertiary/aromatic N) is 4. The SMILES string of the molecule is CCc1cc2cc3cc4cc(CC)c(CC)nc4nc3nc2nc1CC. The lowest BCUT2D eigenvalue weighted by Gasteiger charge is -2.10. The Morgan fingerprint density at radius 3 is 1.27 bits per heavy atom. The van der Waals surface area contributed by atoms with Gasteiger partial charge in [0.05, 0.1) is 0 Å². The molecule has 0 aliphatic rings. The van der Waals surface area contributed by atoms with E-state index in [1.54, 1.807) is 0 Å². The Hall–Kier alpha value is -2.62. The Labute approximate surface area is 153 Å². The van der Waals surface area contributed by atoms with Crippen LogP contribution in [0.1, 0.15) is 50.2 Å². The molecule has 4 rings (SSSR count). The van der Waals surface area contributed by atoms with Crippen molar-refractivity contribution in [2.45, 2.75) is 53.4 Å². The smallest absolute Gasteiger partial charge is 0.164 e. The van der Waals surface area contributed by atoms with Crippen LogP contribution in [0.15, 0.2) is 24.3 Å². The maximum atomic E-state index is 4.78. The highest BCUT2D eigenvalue weighted by atomic mass is 15.0. The second-order valence-electron chi connectivity index (χ2n) is 6.72. The van der Waals surface area contributed by atoms with E-state index in [2.05, 4.69) is 52.0 Å². The molecule has 4 aromatic rings. The first-order valence-electron chi connectivity index (χ1n) is 9.59. The van der Waals surface area contributed by atoms with Crippen LogP contribution in [0.3, 0.4) is 0 Å². The van der Waals surface area contributed by atoms with Gasteiger partial charge < -0.3 is 0 Å². The highest BCUT2D eigenvalue weighted by Crippen LogP contribution is 2.25. The molecule has 0 fully saturated rings. The van der Waals surface area contributed by atoms with Crippen molar-refractivity contribution in [2.75, 3.05) is 0 Å². The monoisotopic (exact) mass is 344 g/mol. The minimum absolute atomic E-state index is 0.725. The van der Waals surface area contributed by atoms with E-state index in [9.17, 15) is 0 Å². The summed E-state index contributed by atoms with van der Waals surface area (Å²) in [5.41, 5.74) is 7.15. The van der Waals surface area contributed by atoms with Crippen LogP contribution < -0.4 is 0 Å². The fraction of sp³-hybridized carbons (Fsp3) is 0.364. The lowest BCUT2D eigenvalue weighted by Crippen LogP contribution is -2.00. The number of aryl methyl sites for hydroxylation is 4. The van der Waals surface area contributed by atoms with Gasteiger partial charge in [-0.1, -0.05) is 27.7 Å². The first-order chi connectivity index (χ1) is 12.7. The number of hydrogen-bond donors (Lipinski definition) is 0. The summed E-state index contributed by atoms with van der Waals surface area (Å²) in [5, 5.41) is 3.22. The predicted molar refractivity (Wildman–Crippen MR) is 108 cm³/mol. The van der Waals surface area contributed by atoms with Crippen molar-refractivity contribution in [1.29, 1.82) is 0 Å². The molecule has 0 aliphatic carbocycles. The highest BCUT2D eigenvalue weighted by Gasteiger charge is 2.11. The fourth-order valence-corrected chi connectivity index (χ4v) is 3.68. The normalized spacial score (nSPS) is 11.7. The van der Waals surface area contributed by atoms with Crippen molar-refractivity contribution < 1.29 is 0 Å². The zero-order valence-electron chi connectivity index (χ0n) is 15.9. The summed E-state index contributed by atoms with van der Waals surface area (Å²) in [5.74, 6) is 0. The van der Waals surface area contributed by atoms with E-state index in [0.717, 1.165) is 70.2 Å². The van der Waals surface area contributed by atoms with Gasteiger partial charge in [0, 0.05) is 27.5 Å². The van der Waals surface area contributed by atoms with Gasteiger partial charge in [-0.25, -0.2) is 19.9 Å². The molecule has 0 radical (unpaired) electrons. The van der Waals surface area contributed by atoms with Crippen molar-refractivity contribution in [2.24, 2.45) is 0 Å². The molecule has 0 bridgehead atoms. The third-order valence-corrected chi connectivity index (χ3v) is 5.13. The number of fused-ring (bicyclic) bond motifs is 3. The molecule has 4 heterocycles. The summed E-state index contributed by atoms with van der Waals surface area (Å²) in [6.07, 6.45) is 3.82. The maximum Gasteiger partial charge on any atom is 0.164 e. The Bertz CT molecular complexity index is 956. The second kappa shape index (κ2) is 6.60. The van der Waals surface area contributed by atoms with Gasteiger partial charge in [-0.15, -0.1) is 0 Å². The van der Waals surface area contributed by atoms with Gasteiger partial charge in [-0.3, -0.25) is 0 Å². The largest absolute Gasteiger partial charge is 0.233 e. The minimum atomic E-state index is 0.725. The number of aromatic nitrogens is 4. The lowest BCUT2D eigenvalue weighted by atomic mass is 10.0. The molecule has 0 aromatic carbocycles. The summed E-state index contributed by atoms with van der Waals surface area (Å²) >= 11 is 0. The molecule has 4 nitrogen and oxygen atoms in total. The van der Waals surface area contributed by atoms with Gasteiger partial charge in [0.15, 0.2) is 16.9 Å². The van der Waals surface area contributed by atoms with Gasteiger partial charge in [-0.05, 0) is 61.1 Å². The molecule has 0 unspecified atom stereocenters. The van der Waals surface area contributed by atoms with E-state index < -0.39 is 0 Å². The molecule has 0 spiro atoms. The summed E-state index contributed by atoms with van der Waals surface area (Å²) in [4.78, 5) is 19.1. The Morgan fingerprint density at radius 1 is 0.500 bits per heavy atom. The first kappa shape index (κ1) is 16.8. The van der Waals surface area contributed by atoms with E-state index in [4.69, 9.17) is 19.9 Å². The van der Waals surface area contributed by atoms with Crippen LogP contribution in [-0.4, -0.2) is 19.9 Å². The van der Waals surface area contributed by atoms with Crippen LogP contribution in [0.2, 0.25) is 0 Å². The van der Waals surface area contributed by atoms with Gasteiger partial charge in [0.2, 0.25) is 0 Å². The molecule has 0 amide bonds. The fourth-order valence-electron chi connectivity index (χ4n) is 3.68. The molecule has 26 heavy (non-hydrogen) atoms. The zero-order chi connectivity index (χ0) is 18.3. The minimum Gasteiger partial charge on any atom is -0.233 e. The number of pyridine rings is 4. The summed E-state index contributed by atoms with van der Waals surface area (Å²) in [6.45, 7) is 8.63. The molecule has 0 saturated carbocycles. The Balaban J connectivity index is 2.01. The van der Waals surface area contributed by atoms with Crippen LogP contribution in [0.5, 0.6) is 0 Å². The number of rotatable bonds is 4. The predicted octanol–water partition coefficient (Wildman–Crippen LogP) is 4.98. The van der Waals surface area contributed by atoms with E-state index in [-0.39, 0.29) is 0 Å². The maximum absolute atomic E-state index is 4.78.